The van der Waals surface area contributed by atoms with Crippen LogP contribution in [0.3, 0.4) is 0 Å². The van der Waals surface area contributed by atoms with Gasteiger partial charge in [0.1, 0.15) is 0 Å². The molecule has 1 aliphatic carbocycles. The van der Waals surface area contributed by atoms with Crippen molar-refractivity contribution in [2.75, 3.05) is 18.4 Å². The Hall–Kier alpha value is -1.78. The molecule has 38 heavy (non-hydrogen) atoms. The second-order valence-electron chi connectivity index (χ2n) is 10.2. The summed E-state index contributed by atoms with van der Waals surface area (Å²) >= 11 is 5.26. The zero-order valence-electron chi connectivity index (χ0n) is 24.4. The molecule has 2 aromatic rings. The summed E-state index contributed by atoms with van der Waals surface area (Å²) in [6.45, 7) is 24.9. The molecule has 3 heterocycles. The van der Waals surface area contributed by atoms with Crippen LogP contribution in [-0.4, -0.2) is 23.3 Å². The van der Waals surface area contributed by atoms with Crippen molar-refractivity contribution in [3.8, 4) is 11.8 Å². The zero-order chi connectivity index (χ0) is 28.6. The van der Waals surface area contributed by atoms with E-state index in [-0.39, 0.29) is 17.2 Å². The van der Waals surface area contributed by atoms with Crippen LogP contribution in [-0.2, 0) is 4.79 Å². The fourth-order valence-electron chi connectivity index (χ4n) is 3.95. The molecule has 2 aliphatic rings. The van der Waals surface area contributed by atoms with Crippen molar-refractivity contribution in [3.63, 3.8) is 0 Å². The number of hydrogen-bond donors (Lipinski definition) is 1. The number of rotatable bonds is 5. The average Bonchev–Trinajstić information content (AvgIpc) is 3.69. The number of nitrogens with one attached hydrogen (secondary N) is 1. The van der Waals surface area contributed by atoms with Gasteiger partial charge in [0.15, 0.2) is 0 Å². The van der Waals surface area contributed by atoms with Crippen molar-refractivity contribution in [1.29, 1.82) is 0 Å². The summed E-state index contributed by atoms with van der Waals surface area (Å²) in [5.41, 5.74) is 0.826. The van der Waals surface area contributed by atoms with Gasteiger partial charge in [0, 0.05) is 34.7 Å². The quantitative estimate of drug-likeness (QED) is 0.220. The van der Waals surface area contributed by atoms with Gasteiger partial charge in [-0.05, 0) is 101 Å². The van der Waals surface area contributed by atoms with Gasteiger partial charge in [-0.25, -0.2) is 4.31 Å². The van der Waals surface area contributed by atoms with Gasteiger partial charge in [0.05, 0.1) is 15.4 Å². The molecule has 0 unspecified atom stereocenters. The van der Waals surface area contributed by atoms with Crippen LogP contribution < -0.4 is 5.32 Å². The summed E-state index contributed by atoms with van der Waals surface area (Å²) < 4.78 is 2.45. The normalized spacial score (nSPS) is 18.7. The van der Waals surface area contributed by atoms with Crippen LogP contribution in [0.5, 0.6) is 0 Å². The summed E-state index contributed by atoms with van der Waals surface area (Å²) in [4.78, 5) is 15.9. The standard InChI is InChI=1S/C20H27NOS.C8H11NS2.C2H6.C2H4/c1-6-18-17(13-16(23-18)11-12-20(3,4)5)21-19(22)15-9-7-14(2)8-10-15;1-2-5-9(4-1)11-8-3-6-10-7-8;2*1-2/h6,13-15H,1,7-10H2,2-5H3,(H,21,22);3,6-7H,1-2,4-5H2;1-2H3;1-2H2. The fraction of sp³-hybridized carbons (Fsp3) is 0.531. The van der Waals surface area contributed by atoms with E-state index >= 15 is 0 Å². The zero-order valence-corrected chi connectivity index (χ0v) is 26.8. The van der Waals surface area contributed by atoms with Crippen LogP contribution in [0.15, 0.2) is 47.5 Å². The van der Waals surface area contributed by atoms with Crippen LogP contribution in [0.1, 0.15) is 89.8 Å². The summed E-state index contributed by atoms with van der Waals surface area (Å²) in [6.07, 6.45) is 8.84. The molecule has 6 heteroatoms. The second kappa shape index (κ2) is 18.5. The highest BCUT2D eigenvalue weighted by atomic mass is 32.2. The van der Waals surface area contributed by atoms with Crippen molar-refractivity contribution in [1.82, 2.24) is 4.31 Å². The van der Waals surface area contributed by atoms with Gasteiger partial charge in [0.25, 0.3) is 0 Å². The lowest BCUT2D eigenvalue weighted by Gasteiger charge is -2.25. The van der Waals surface area contributed by atoms with Gasteiger partial charge < -0.3 is 5.32 Å². The number of carbonyl (C=O) groups excluding carboxylic acids is 1. The maximum Gasteiger partial charge on any atom is 0.227 e. The lowest BCUT2D eigenvalue weighted by molar-refractivity contribution is -0.121. The summed E-state index contributed by atoms with van der Waals surface area (Å²) in [5, 5.41) is 7.44. The maximum absolute atomic E-state index is 12.5. The van der Waals surface area contributed by atoms with Crippen molar-refractivity contribution < 1.29 is 4.79 Å². The molecule has 1 saturated carbocycles. The topological polar surface area (TPSA) is 32.3 Å². The molecular formula is C32H48N2OS3. The second-order valence-corrected chi connectivity index (χ2v) is 13.3. The van der Waals surface area contributed by atoms with Gasteiger partial charge in [-0.3, -0.25) is 4.79 Å². The van der Waals surface area contributed by atoms with Crippen LogP contribution in [0, 0.1) is 29.1 Å². The summed E-state index contributed by atoms with van der Waals surface area (Å²) in [7, 11) is 0. The third-order valence-electron chi connectivity index (χ3n) is 5.95. The molecule has 1 N–H and O–H groups in total. The Morgan fingerprint density at radius 2 is 1.79 bits per heavy atom. The monoisotopic (exact) mass is 572 g/mol. The summed E-state index contributed by atoms with van der Waals surface area (Å²) in [6, 6.07) is 4.16. The van der Waals surface area contributed by atoms with Crippen LogP contribution in [0.25, 0.3) is 6.08 Å². The predicted octanol–water partition coefficient (Wildman–Crippen LogP) is 10.2. The number of carbonyl (C=O) groups is 1. The molecule has 0 radical (unpaired) electrons. The highest BCUT2D eigenvalue weighted by Crippen LogP contribution is 2.32. The first-order chi connectivity index (χ1) is 18.2. The molecule has 4 rings (SSSR count). The van der Waals surface area contributed by atoms with Crippen molar-refractivity contribution in [2.45, 2.75) is 85.0 Å². The minimum Gasteiger partial charge on any atom is -0.325 e. The third-order valence-corrected chi connectivity index (χ3v) is 8.91. The Balaban J connectivity index is 0.000000399. The lowest BCUT2D eigenvalue weighted by Crippen LogP contribution is -2.26. The van der Waals surface area contributed by atoms with Crippen molar-refractivity contribution >= 4 is 52.3 Å². The molecule has 0 spiro atoms. The van der Waals surface area contributed by atoms with E-state index < -0.39 is 0 Å². The predicted molar refractivity (Wildman–Crippen MR) is 174 cm³/mol. The minimum absolute atomic E-state index is 0.0272. The molecule has 0 bridgehead atoms. The van der Waals surface area contributed by atoms with Gasteiger partial charge in [-0.1, -0.05) is 39.2 Å². The number of nitrogens with zero attached hydrogens (tertiary/aromatic N) is 1. The number of amides is 1. The van der Waals surface area contributed by atoms with Crippen molar-refractivity contribution in [2.24, 2.45) is 17.3 Å². The highest BCUT2D eigenvalue weighted by Gasteiger charge is 2.25. The average molecular weight is 573 g/mol. The van der Waals surface area contributed by atoms with E-state index in [0.717, 1.165) is 47.0 Å². The first-order valence-corrected chi connectivity index (χ1v) is 16.3. The first-order valence-electron chi connectivity index (χ1n) is 13.8. The molecule has 2 fully saturated rings. The Bertz CT molecular complexity index is 994. The van der Waals surface area contributed by atoms with Crippen LogP contribution >= 0.6 is 34.6 Å². The Morgan fingerprint density at radius 3 is 2.32 bits per heavy atom. The van der Waals surface area contributed by atoms with E-state index in [1.807, 2.05) is 31.9 Å². The van der Waals surface area contributed by atoms with E-state index in [1.54, 1.807) is 28.7 Å². The summed E-state index contributed by atoms with van der Waals surface area (Å²) in [5.74, 6) is 7.49. The SMILES string of the molecule is C=C.C=Cc1sc(C#CC(C)(C)C)cc1NC(=O)C1CCC(C)CC1.CC.c1cc(SN2CCCC2)cs1. The Morgan fingerprint density at radius 1 is 1.16 bits per heavy atom. The molecule has 1 aliphatic heterocycles. The molecule has 1 amide bonds. The molecule has 1 saturated heterocycles. The molecule has 0 aromatic carbocycles. The third kappa shape index (κ3) is 12.8. The molecule has 0 atom stereocenters. The Kier molecular flexibility index (Phi) is 16.7. The van der Waals surface area contributed by atoms with Gasteiger partial charge in [0.2, 0.25) is 5.91 Å². The van der Waals surface area contributed by atoms with Gasteiger partial charge >= 0.3 is 0 Å². The van der Waals surface area contributed by atoms with Crippen LogP contribution in [0.2, 0.25) is 0 Å². The first kappa shape index (κ1) is 34.2. The van der Waals surface area contributed by atoms with Gasteiger partial charge in [-0.15, -0.1) is 24.5 Å². The molecule has 2 aromatic heterocycles. The molecule has 210 valence electrons. The van der Waals surface area contributed by atoms with Gasteiger partial charge in [-0.2, -0.15) is 11.3 Å². The lowest BCUT2D eigenvalue weighted by atomic mass is 9.82. The van der Waals surface area contributed by atoms with E-state index in [2.05, 4.69) is 85.7 Å². The highest BCUT2D eigenvalue weighted by molar-refractivity contribution is 7.97. The smallest absolute Gasteiger partial charge is 0.227 e. The molecule has 3 nitrogen and oxygen atoms in total. The van der Waals surface area contributed by atoms with Crippen molar-refractivity contribution in [3.05, 3.63) is 52.4 Å². The number of thiophene rings is 2. The fourth-order valence-corrected chi connectivity index (χ4v) is 6.58. The number of hydrogen-bond acceptors (Lipinski definition) is 5. The van der Waals surface area contributed by atoms with E-state index in [4.69, 9.17) is 0 Å². The van der Waals surface area contributed by atoms with Crippen LogP contribution in [0.4, 0.5) is 5.69 Å². The number of anilines is 1. The minimum atomic E-state index is -0.0272. The van der Waals surface area contributed by atoms with E-state index in [0.29, 0.717) is 0 Å². The largest absolute Gasteiger partial charge is 0.325 e. The maximum atomic E-state index is 12.5. The van der Waals surface area contributed by atoms with E-state index in [1.165, 1.54) is 30.8 Å². The Labute approximate surface area is 245 Å². The van der Waals surface area contributed by atoms with E-state index in [9.17, 15) is 4.79 Å². The molecular weight excluding hydrogens is 525 g/mol.